The van der Waals surface area contributed by atoms with Crippen molar-refractivity contribution < 1.29 is 22.7 Å². The van der Waals surface area contributed by atoms with E-state index in [-0.39, 0.29) is 11.0 Å². The van der Waals surface area contributed by atoms with E-state index in [1.54, 1.807) is 37.6 Å². The summed E-state index contributed by atoms with van der Waals surface area (Å²) in [5.41, 5.74) is 0.490. The number of sulfonamides is 1. The number of ether oxygens (including phenoxy) is 2. The van der Waals surface area contributed by atoms with Gasteiger partial charge in [-0.2, -0.15) is 0 Å². The first-order chi connectivity index (χ1) is 14.7. The summed E-state index contributed by atoms with van der Waals surface area (Å²) in [5, 5.41) is 0.471. The fourth-order valence-corrected chi connectivity index (χ4v) is 5.32. The van der Waals surface area contributed by atoms with Crippen LogP contribution in [0.25, 0.3) is 10.9 Å². The highest BCUT2D eigenvalue weighted by Gasteiger charge is 2.54. The SMILES string of the molecule is COC1(OC(C)C)C=CCC(C2(C(=O)NS(=O)(=O)c3cccc4ncccc34)CC2)=C1. The molecule has 2 aromatic rings. The molecule has 1 fully saturated rings. The molecule has 1 atom stereocenters. The quantitative estimate of drug-likeness (QED) is 0.521. The molecule has 0 saturated heterocycles. The third-order valence-corrected chi connectivity index (χ3v) is 7.11. The van der Waals surface area contributed by atoms with Crippen molar-refractivity contribution in [3.05, 3.63) is 60.3 Å². The molecule has 7 nitrogen and oxygen atoms in total. The van der Waals surface area contributed by atoms with Crippen molar-refractivity contribution in [1.82, 2.24) is 9.71 Å². The topological polar surface area (TPSA) is 94.6 Å². The normalized spacial score (nSPS) is 22.4. The van der Waals surface area contributed by atoms with Crippen LogP contribution in [0.1, 0.15) is 33.1 Å². The van der Waals surface area contributed by atoms with Crippen molar-refractivity contribution in [3.63, 3.8) is 0 Å². The predicted molar refractivity (Wildman–Crippen MR) is 117 cm³/mol. The van der Waals surface area contributed by atoms with Gasteiger partial charge in [0, 0.05) is 18.7 Å². The largest absolute Gasteiger partial charge is 0.346 e. The number of benzene rings is 1. The number of aromatic nitrogens is 1. The smallest absolute Gasteiger partial charge is 0.264 e. The molecule has 2 aliphatic rings. The monoisotopic (exact) mass is 442 g/mol. The predicted octanol–water partition coefficient (Wildman–Crippen LogP) is 3.47. The third kappa shape index (κ3) is 4.03. The number of rotatable bonds is 7. The molecule has 1 N–H and O–H groups in total. The number of nitrogens with one attached hydrogen (secondary N) is 1. The van der Waals surface area contributed by atoms with Crippen LogP contribution in [-0.2, 0) is 24.3 Å². The van der Waals surface area contributed by atoms with Gasteiger partial charge in [0.05, 0.1) is 21.9 Å². The molecule has 1 unspecified atom stereocenters. The standard InChI is InChI=1S/C23H26N2O5S/c1-16(2)30-23(29-3)11-5-7-17(15-23)22(12-13-22)21(26)25-31(27,28)20-10-4-9-19-18(20)8-6-14-24-19/h4-6,8-11,14-16H,7,12-13H2,1-3H3,(H,25,26). The van der Waals surface area contributed by atoms with Crippen LogP contribution in [-0.4, -0.2) is 38.3 Å². The van der Waals surface area contributed by atoms with Gasteiger partial charge in [0.2, 0.25) is 11.7 Å². The first kappa shape index (κ1) is 21.7. The Morgan fingerprint density at radius 3 is 2.65 bits per heavy atom. The number of pyridine rings is 1. The molecule has 2 aliphatic carbocycles. The van der Waals surface area contributed by atoms with Crippen LogP contribution in [0.15, 0.2) is 65.2 Å². The van der Waals surface area contributed by atoms with Gasteiger partial charge in [-0.05, 0) is 75.1 Å². The maximum Gasteiger partial charge on any atom is 0.264 e. The summed E-state index contributed by atoms with van der Waals surface area (Å²) in [6.07, 6.45) is 8.74. The third-order valence-electron chi connectivity index (χ3n) is 5.72. The maximum atomic E-state index is 13.2. The Bertz CT molecular complexity index is 1180. The second kappa shape index (κ2) is 7.85. The van der Waals surface area contributed by atoms with Crippen LogP contribution >= 0.6 is 0 Å². The fourth-order valence-electron chi connectivity index (χ4n) is 4.05. The second-order valence-corrected chi connectivity index (χ2v) is 9.86. The molecule has 0 radical (unpaired) electrons. The zero-order valence-corrected chi connectivity index (χ0v) is 18.6. The summed E-state index contributed by atoms with van der Waals surface area (Å²) in [4.78, 5) is 17.5. The van der Waals surface area contributed by atoms with Crippen LogP contribution < -0.4 is 4.72 Å². The summed E-state index contributed by atoms with van der Waals surface area (Å²) in [6, 6.07) is 8.18. The number of allylic oxidation sites excluding steroid dienone is 1. The molecule has 0 aliphatic heterocycles. The summed E-state index contributed by atoms with van der Waals surface area (Å²) in [5.74, 6) is -1.58. The zero-order valence-electron chi connectivity index (χ0n) is 17.8. The minimum atomic E-state index is -4.07. The number of amides is 1. The van der Waals surface area contributed by atoms with Crippen molar-refractivity contribution in [3.8, 4) is 0 Å². The summed E-state index contributed by atoms with van der Waals surface area (Å²) >= 11 is 0. The highest BCUT2D eigenvalue weighted by Crippen LogP contribution is 2.55. The molecule has 1 aromatic heterocycles. The van der Waals surface area contributed by atoms with Gasteiger partial charge in [0.15, 0.2) is 0 Å². The molecule has 164 valence electrons. The van der Waals surface area contributed by atoms with E-state index in [0.29, 0.717) is 30.2 Å². The number of nitrogens with zero attached hydrogens (tertiary/aromatic N) is 1. The average molecular weight is 443 g/mol. The van der Waals surface area contributed by atoms with E-state index in [1.807, 2.05) is 32.1 Å². The first-order valence-corrected chi connectivity index (χ1v) is 11.7. The van der Waals surface area contributed by atoms with Gasteiger partial charge in [-0.15, -0.1) is 0 Å². The Balaban J connectivity index is 1.63. The Labute approximate surface area is 182 Å². The van der Waals surface area contributed by atoms with Gasteiger partial charge < -0.3 is 9.47 Å². The van der Waals surface area contributed by atoms with E-state index in [0.717, 1.165) is 5.57 Å². The van der Waals surface area contributed by atoms with E-state index >= 15 is 0 Å². The summed E-state index contributed by atoms with van der Waals surface area (Å²) < 4.78 is 40.0. The number of carbonyl (C=O) groups is 1. The lowest BCUT2D eigenvalue weighted by atomic mass is 9.87. The molecular weight excluding hydrogens is 416 g/mol. The van der Waals surface area contributed by atoms with Gasteiger partial charge in [-0.25, -0.2) is 13.1 Å². The van der Waals surface area contributed by atoms with Crippen molar-refractivity contribution in [1.29, 1.82) is 0 Å². The molecule has 0 bridgehead atoms. The molecule has 4 rings (SSSR count). The van der Waals surface area contributed by atoms with Crippen molar-refractivity contribution in [2.75, 3.05) is 7.11 Å². The number of hydrogen-bond acceptors (Lipinski definition) is 6. The van der Waals surface area contributed by atoms with Crippen LogP contribution in [0, 0.1) is 5.41 Å². The minimum absolute atomic E-state index is 0.0362. The molecule has 1 saturated carbocycles. The van der Waals surface area contributed by atoms with Crippen molar-refractivity contribution >= 4 is 26.8 Å². The van der Waals surface area contributed by atoms with Crippen molar-refractivity contribution in [2.24, 2.45) is 5.41 Å². The maximum absolute atomic E-state index is 13.2. The van der Waals surface area contributed by atoms with Gasteiger partial charge in [0.1, 0.15) is 0 Å². The first-order valence-electron chi connectivity index (χ1n) is 10.3. The minimum Gasteiger partial charge on any atom is -0.346 e. The lowest BCUT2D eigenvalue weighted by Gasteiger charge is -2.33. The van der Waals surface area contributed by atoms with E-state index in [2.05, 4.69) is 9.71 Å². The lowest BCUT2D eigenvalue weighted by molar-refractivity contribution is -0.176. The Hall–Kier alpha value is -2.55. The van der Waals surface area contributed by atoms with Crippen LogP contribution in [0.2, 0.25) is 0 Å². The highest BCUT2D eigenvalue weighted by atomic mass is 32.2. The van der Waals surface area contributed by atoms with E-state index < -0.39 is 27.1 Å². The average Bonchev–Trinajstić information content (AvgIpc) is 3.55. The van der Waals surface area contributed by atoms with Crippen LogP contribution in [0.3, 0.4) is 0 Å². The zero-order chi connectivity index (χ0) is 22.3. The van der Waals surface area contributed by atoms with E-state index in [4.69, 9.17) is 9.47 Å². The van der Waals surface area contributed by atoms with Crippen LogP contribution in [0.5, 0.6) is 0 Å². The lowest BCUT2D eigenvalue weighted by Crippen LogP contribution is -2.40. The Morgan fingerprint density at radius 2 is 1.97 bits per heavy atom. The summed E-state index contributed by atoms with van der Waals surface area (Å²) in [6.45, 7) is 3.81. The molecule has 1 heterocycles. The number of fused-ring (bicyclic) bond motifs is 1. The van der Waals surface area contributed by atoms with E-state index in [1.165, 1.54) is 6.07 Å². The van der Waals surface area contributed by atoms with Gasteiger partial charge >= 0.3 is 0 Å². The summed E-state index contributed by atoms with van der Waals surface area (Å²) in [7, 11) is -2.52. The molecule has 31 heavy (non-hydrogen) atoms. The molecular formula is C23H26N2O5S. The van der Waals surface area contributed by atoms with Gasteiger partial charge in [0.25, 0.3) is 10.0 Å². The number of methoxy groups -OCH3 is 1. The molecule has 1 aromatic carbocycles. The van der Waals surface area contributed by atoms with Gasteiger partial charge in [-0.1, -0.05) is 12.1 Å². The number of hydrogen-bond donors (Lipinski definition) is 1. The highest BCUT2D eigenvalue weighted by molar-refractivity contribution is 7.90. The number of carbonyl (C=O) groups excluding carboxylic acids is 1. The Morgan fingerprint density at radius 1 is 1.19 bits per heavy atom. The molecule has 0 spiro atoms. The van der Waals surface area contributed by atoms with Crippen molar-refractivity contribution in [2.45, 2.75) is 49.9 Å². The van der Waals surface area contributed by atoms with E-state index in [9.17, 15) is 13.2 Å². The molecule has 1 amide bonds. The van der Waals surface area contributed by atoms with Crippen LogP contribution in [0.4, 0.5) is 0 Å². The second-order valence-electron chi connectivity index (χ2n) is 8.21. The fraction of sp³-hybridized carbons (Fsp3) is 0.391. The van der Waals surface area contributed by atoms with Gasteiger partial charge in [-0.3, -0.25) is 9.78 Å². The Kier molecular flexibility index (Phi) is 5.49. The molecule has 8 heteroatoms.